The second-order valence-electron chi connectivity index (χ2n) is 4.75. The summed E-state index contributed by atoms with van der Waals surface area (Å²) >= 11 is 0. The second kappa shape index (κ2) is 5.80. The molecule has 1 atom stereocenters. The van der Waals surface area contributed by atoms with Crippen molar-refractivity contribution in [2.24, 2.45) is 0 Å². The van der Waals surface area contributed by atoms with Crippen LogP contribution in [0.5, 0.6) is 0 Å². The predicted octanol–water partition coefficient (Wildman–Crippen LogP) is 2.08. The van der Waals surface area contributed by atoms with Crippen LogP contribution in [0.3, 0.4) is 0 Å². The first-order valence-electron chi connectivity index (χ1n) is 6.37. The van der Waals surface area contributed by atoms with Crippen LogP contribution in [-0.4, -0.2) is 40.6 Å². The first-order valence-corrected chi connectivity index (χ1v) is 6.37. The number of benzene rings is 1. The molecule has 0 bridgehead atoms. The molecule has 2 rings (SSSR count). The van der Waals surface area contributed by atoms with Crippen molar-refractivity contribution in [3.8, 4) is 0 Å². The molecule has 4 heteroatoms. The Morgan fingerprint density at radius 3 is 2.84 bits per heavy atom. The minimum atomic E-state index is -0.407. The van der Waals surface area contributed by atoms with Gasteiger partial charge in [-0.15, -0.1) is 0 Å². The molecule has 0 saturated heterocycles. The van der Waals surface area contributed by atoms with Gasteiger partial charge in [-0.3, -0.25) is 9.78 Å². The van der Waals surface area contributed by atoms with Crippen molar-refractivity contribution >= 4 is 16.7 Å². The number of carbonyl (C=O) groups excluding carboxylic acids is 1. The summed E-state index contributed by atoms with van der Waals surface area (Å²) in [6.45, 7) is 2.23. The molecular weight excluding hydrogens is 240 g/mol. The molecule has 0 aliphatic carbocycles. The van der Waals surface area contributed by atoms with E-state index in [-0.39, 0.29) is 5.91 Å². The Kier molecular flexibility index (Phi) is 4.12. The van der Waals surface area contributed by atoms with E-state index >= 15 is 0 Å². The first-order chi connectivity index (χ1) is 9.09. The molecule has 100 valence electrons. The van der Waals surface area contributed by atoms with Gasteiger partial charge in [0.15, 0.2) is 0 Å². The van der Waals surface area contributed by atoms with Gasteiger partial charge in [0.2, 0.25) is 0 Å². The quantitative estimate of drug-likeness (QED) is 0.913. The fraction of sp³-hybridized carbons (Fsp3) is 0.333. The van der Waals surface area contributed by atoms with Gasteiger partial charge in [0, 0.05) is 25.2 Å². The van der Waals surface area contributed by atoms with Crippen molar-refractivity contribution < 1.29 is 9.90 Å². The van der Waals surface area contributed by atoms with Crippen LogP contribution >= 0.6 is 0 Å². The molecule has 1 heterocycles. The smallest absolute Gasteiger partial charge is 0.272 e. The number of hydrogen-bond acceptors (Lipinski definition) is 3. The Morgan fingerprint density at radius 2 is 2.11 bits per heavy atom. The maximum atomic E-state index is 12.4. The van der Waals surface area contributed by atoms with E-state index in [1.165, 1.54) is 0 Å². The number of aliphatic hydroxyl groups is 1. The van der Waals surface area contributed by atoms with E-state index in [9.17, 15) is 9.90 Å². The normalized spacial score (nSPS) is 12.4. The predicted molar refractivity (Wildman–Crippen MR) is 75.0 cm³/mol. The van der Waals surface area contributed by atoms with Crippen LogP contribution < -0.4 is 0 Å². The number of fused-ring (bicyclic) bond motifs is 1. The molecule has 0 fully saturated rings. The molecule has 1 N–H and O–H groups in total. The molecule has 4 nitrogen and oxygen atoms in total. The third-order valence-corrected chi connectivity index (χ3v) is 3.11. The highest BCUT2D eigenvalue weighted by Gasteiger charge is 2.16. The highest BCUT2D eigenvalue weighted by atomic mass is 16.3. The molecule has 1 aromatic heterocycles. The molecule has 2 aromatic rings. The molecule has 0 radical (unpaired) electrons. The molecular formula is C15H18N2O2. The van der Waals surface area contributed by atoms with Crippen molar-refractivity contribution in [3.05, 3.63) is 42.2 Å². The molecule has 1 amide bonds. The average molecular weight is 258 g/mol. The monoisotopic (exact) mass is 258 g/mol. The van der Waals surface area contributed by atoms with E-state index in [4.69, 9.17) is 0 Å². The van der Waals surface area contributed by atoms with Gasteiger partial charge in [-0.25, -0.2) is 0 Å². The molecule has 0 saturated carbocycles. The van der Waals surface area contributed by atoms with Gasteiger partial charge in [-0.05, 0) is 24.8 Å². The van der Waals surface area contributed by atoms with Crippen molar-refractivity contribution in [2.75, 3.05) is 13.6 Å². The summed E-state index contributed by atoms with van der Waals surface area (Å²) in [5, 5.41) is 11.1. The van der Waals surface area contributed by atoms with Crippen LogP contribution in [0, 0.1) is 0 Å². The lowest BCUT2D eigenvalue weighted by molar-refractivity contribution is 0.0765. The molecule has 0 aliphatic rings. The standard InChI is InChI=1S/C15H18N2O2/c1-11(18)8-10-17(2)15(19)14-13-6-4-3-5-12(13)7-9-16-14/h3-7,9,11,18H,8,10H2,1-2H3. The average Bonchev–Trinajstić information content (AvgIpc) is 2.43. The maximum absolute atomic E-state index is 12.4. The zero-order chi connectivity index (χ0) is 13.8. The largest absolute Gasteiger partial charge is 0.393 e. The van der Waals surface area contributed by atoms with E-state index in [1.54, 1.807) is 25.1 Å². The minimum absolute atomic E-state index is 0.113. The molecule has 1 aromatic carbocycles. The van der Waals surface area contributed by atoms with Gasteiger partial charge >= 0.3 is 0 Å². The van der Waals surface area contributed by atoms with Gasteiger partial charge in [-0.1, -0.05) is 24.3 Å². The van der Waals surface area contributed by atoms with E-state index in [1.807, 2.05) is 30.3 Å². The SMILES string of the molecule is CC(O)CCN(C)C(=O)c1nccc2ccccc12. The highest BCUT2D eigenvalue weighted by molar-refractivity contribution is 6.04. The molecule has 19 heavy (non-hydrogen) atoms. The number of hydrogen-bond donors (Lipinski definition) is 1. The third-order valence-electron chi connectivity index (χ3n) is 3.11. The summed E-state index contributed by atoms with van der Waals surface area (Å²) in [6, 6.07) is 9.59. The van der Waals surface area contributed by atoms with Crippen LogP contribution in [0.4, 0.5) is 0 Å². The summed E-state index contributed by atoms with van der Waals surface area (Å²) in [5.41, 5.74) is 0.464. The Hall–Kier alpha value is -1.94. The number of carbonyl (C=O) groups is 1. The van der Waals surface area contributed by atoms with Crippen molar-refractivity contribution in [1.82, 2.24) is 9.88 Å². The van der Waals surface area contributed by atoms with Gasteiger partial charge in [-0.2, -0.15) is 0 Å². The number of pyridine rings is 1. The van der Waals surface area contributed by atoms with Crippen LogP contribution in [0.2, 0.25) is 0 Å². The maximum Gasteiger partial charge on any atom is 0.272 e. The minimum Gasteiger partial charge on any atom is -0.393 e. The van der Waals surface area contributed by atoms with Gasteiger partial charge in [0.1, 0.15) is 5.69 Å². The molecule has 0 spiro atoms. The Labute approximate surface area is 112 Å². The number of aromatic nitrogens is 1. The van der Waals surface area contributed by atoms with Crippen LogP contribution in [-0.2, 0) is 0 Å². The number of rotatable bonds is 4. The van der Waals surface area contributed by atoms with E-state index in [2.05, 4.69) is 4.98 Å². The van der Waals surface area contributed by atoms with E-state index in [0.717, 1.165) is 10.8 Å². The fourth-order valence-electron chi connectivity index (χ4n) is 1.95. The first kappa shape index (κ1) is 13.5. The zero-order valence-corrected chi connectivity index (χ0v) is 11.2. The Morgan fingerprint density at radius 1 is 1.37 bits per heavy atom. The lowest BCUT2D eigenvalue weighted by atomic mass is 10.1. The molecule has 0 aliphatic heterocycles. The van der Waals surface area contributed by atoms with E-state index in [0.29, 0.717) is 18.7 Å². The topological polar surface area (TPSA) is 53.4 Å². The summed E-state index contributed by atoms with van der Waals surface area (Å²) in [4.78, 5) is 18.2. The van der Waals surface area contributed by atoms with Crippen LogP contribution in [0.25, 0.3) is 10.8 Å². The van der Waals surface area contributed by atoms with E-state index < -0.39 is 6.10 Å². The summed E-state index contributed by atoms with van der Waals surface area (Å²) in [7, 11) is 1.73. The summed E-state index contributed by atoms with van der Waals surface area (Å²) in [5.74, 6) is -0.113. The number of nitrogens with zero attached hydrogens (tertiary/aromatic N) is 2. The zero-order valence-electron chi connectivity index (χ0n) is 11.2. The lowest BCUT2D eigenvalue weighted by Crippen LogP contribution is -2.30. The third kappa shape index (κ3) is 3.09. The van der Waals surface area contributed by atoms with Crippen LogP contribution in [0.1, 0.15) is 23.8 Å². The number of amides is 1. The Balaban J connectivity index is 2.26. The summed E-state index contributed by atoms with van der Waals surface area (Å²) in [6.07, 6.45) is 1.81. The van der Waals surface area contributed by atoms with Crippen molar-refractivity contribution in [3.63, 3.8) is 0 Å². The molecule has 1 unspecified atom stereocenters. The van der Waals surface area contributed by atoms with Gasteiger partial charge in [0.25, 0.3) is 5.91 Å². The highest BCUT2D eigenvalue weighted by Crippen LogP contribution is 2.17. The van der Waals surface area contributed by atoms with Crippen LogP contribution in [0.15, 0.2) is 36.5 Å². The Bertz CT molecular complexity index is 576. The second-order valence-corrected chi connectivity index (χ2v) is 4.75. The van der Waals surface area contributed by atoms with Crippen molar-refractivity contribution in [2.45, 2.75) is 19.4 Å². The summed E-state index contributed by atoms with van der Waals surface area (Å²) < 4.78 is 0. The van der Waals surface area contributed by atoms with Crippen molar-refractivity contribution in [1.29, 1.82) is 0 Å². The lowest BCUT2D eigenvalue weighted by Gasteiger charge is -2.18. The number of aliphatic hydroxyl groups excluding tert-OH is 1. The fourth-order valence-corrected chi connectivity index (χ4v) is 1.95. The van der Waals surface area contributed by atoms with Gasteiger partial charge in [0.05, 0.1) is 6.10 Å². The van der Waals surface area contributed by atoms with Gasteiger partial charge < -0.3 is 10.0 Å².